The highest BCUT2D eigenvalue weighted by atomic mass is 127. The average molecular weight is 462 g/mol. The van der Waals surface area contributed by atoms with Gasteiger partial charge in [0.15, 0.2) is 5.96 Å². The van der Waals surface area contributed by atoms with Crippen LogP contribution < -0.4 is 10.6 Å². The van der Waals surface area contributed by atoms with Crippen molar-refractivity contribution in [3.63, 3.8) is 0 Å². The molecule has 2 N–H and O–H groups in total. The number of thiazole rings is 1. The smallest absolute Gasteiger partial charge is 0.191 e. The second-order valence-electron chi connectivity index (χ2n) is 5.21. The van der Waals surface area contributed by atoms with Crippen molar-refractivity contribution >= 4 is 41.3 Å². The number of halogens is 2. The number of guanidine groups is 1. The molecule has 0 aliphatic carbocycles. The van der Waals surface area contributed by atoms with Crippen molar-refractivity contribution in [1.82, 2.24) is 15.6 Å². The Bertz CT molecular complexity index is 672. The van der Waals surface area contributed by atoms with Crippen molar-refractivity contribution in [2.45, 2.75) is 40.3 Å². The molecule has 0 saturated carbocycles. The molecule has 24 heavy (non-hydrogen) atoms. The van der Waals surface area contributed by atoms with Gasteiger partial charge in [0.05, 0.1) is 13.1 Å². The third kappa shape index (κ3) is 6.35. The highest BCUT2D eigenvalue weighted by Gasteiger charge is 2.03. The predicted octanol–water partition coefficient (Wildman–Crippen LogP) is 4.03. The van der Waals surface area contributed by atoms with Crippen LogP contribution in [0.3, 0.4) is 0 Å². The zero-order chi connectivity index (χ0) is 16.7. The summed E-state index contributed by atoms with van der Waals surface area (Å²) in [6.45, 7) is 7.74. The Morgan fingerprint density at radius 1 is 1.29 bits per heavy atom. The molecule has 2 aromatic rings. The number of aryl methyl sites for hydroxylation is 2. The summed E-state index contributed by atoms with van der Waals surface area (Å²) in [6.07, 6.45) is 2.92. The lowest BCUT2D eigenvalue weighted by atomic mass is 10.1. The van der Waals surface area contributed by atoms with Crippen LogP contribution in [0.25, 0.3) is 0 Å². The molecule has 4 nitrogen and oxygen atoms in total. The van der Waals surface area contributed by atoms with Crippen LogP contribution in [0.2, 0.25) is 0 Å². The lowest BCUT2D eigenvalue weighted by Crippen LogP contribution is -2.36. The van der Waals surface area contributed by atoms with E-state index in [1.165, 1.54) is 10.9 Å². The van der Waals surface area contributed by atoms with E-state index in [1.54, 1.807) is 24.3 Å². The van der Waals surface area contributed by atoms with Gasteiger partial charge in [-0.1, -0.05) is 19.1 Å². The highest BCUT2D eigenvalue weighted by molar-refractivity contribution is 14.0. The maximum absolute atomic E-state index is 13.6. The fourth-order valence-electron chi connectivity index (χ4n) is 2.00. The summed E-state index contributed by atoms with van der Waals surface area (Å²) < 4.78 is 13.6. The van der Waals surface area contributed by atoms with Gasteiger partial charge in [0.1, 0.15) is 10.8 Å². The fraction of sp³-hybridized carbons (Fsp3) is 0.412. The van der Waals surface area contributed by atoms with E-state index in [2.05, 4.69) is 27.5 Å². The summed E-state index contributed by atoms with van der Waals surface area (Å²) in [6, 6.07) is 5.22. The molecule has 0 radical (unpaired) electrons. The number of aromatic nitrogens is 1. The molecular formula is C17H24FIN4S. The Labute approximate surface area is 164 Å². The molecule has 0 aliphatic rings. The van der Waals surface area contributed by atoms with Crippen molar-refractivity contribution in [3.05, 3.63) is 51.2 Å². The Morgan fingerprint density at radius 2 is 2.08 bits per heavy atom. The molecule has 2 rings (SSSR count). The van der Waals surface area contributed by atoms with Gasteiger partial charge >= 0.3 is 0 Å². The Hall–Kier alpha value is -1.22. The summed E-state index contributed by atoms with van der Waals surface area (Å²) >= 11 is 1.70. The molecule has 1 aromatic carbocycles. The van der Waals surface area contributed by atoms with E-state index in [0.29, 0.717) is 24.6 Å². The largest absolute Gasteiger partial charge is 0.357 e. The molecule has 0 saturated heterocycles. The number of rotatable bonds is 6. The minimum absolute atomic E-state index is 0. The van der Waals surface area contributed by atoms with Crippen molar-refractivity contribution in [2.75, 3.05) is 6.54 Å². The predicted molar refractivity (Wildman–Crippen MR) is 110 cm³/mol. The van der Waals surface area contributed by atoms with Crippen LogP contribution in [-0.4, -0.2) is 17.5 Å². The zero-order valence-electron chi connectivity index (χ0n) is 14.2. The van der Waals surface area contributed by atoms with Gasteiger partial charge in [0, 0.05) is 17.6 Å². The summed E-state index contributed by atoms with van der Waals surface area (Å²) in [5.41, 5.74) is 1.51. The summed E-state index contributed by atoms with van der Waals surface area (Å²) in [4.78, 5) is 10.2. The number of aliphatic imine (C=N–C) groups is 1. The first-order valence-corrected chi connectivity index (χ1v) is 8.64. The van der Waals surface area contributed by atoms with Crippen LogP contribution >= 0.6 is 35.3 Å². The van der Waals surface area contributed by atoms with Crippen LogP contribution in [0.1, 0.15) is 34.9 Å². The molecule has 7 heteroatoms. The van der Waals surface area contributed by atoms with Crippen LogP contribution in [0.15, 0.2) is 29.4 Å². The summed E-state index contributed by atoms with van der Waals surface area (Å²) in [5.74, 6) is 0.521. The number of nitrogens with one attached hydrogen (secondary N) is 2. The normalized spacial score (nSPS) is 11.1. The molecule has 0 aliphatic heterocycles. The van der Waals surface area contributed by atoms with E-state index in [0.717, 1.165) is 23.5 Å². The lowest BCUT2D eigenvalue weighted by molar-refractivity contribution is 0.616. The van der Waals surface area contributed by atoms with Gasteiger partial charge in [0.2, 0.25) is 0 Å². The number of hydrogen-bond donors (Lipinski definition) is 2. The number of nitrogens with zero attached hydrogens (tertiary/aromatic N) is 2. The minimum atomic E-state index is -0.189. The van der Waals surface area contributed by atoms with E-state index in [4.69, 9.17) is 0 Å². The molecular weight excluding hydrogens is 438 g/mol. The van der Waals surface area contributed by atoms with Gasteiger partial charge in [-0.15, -0.1) is 35.3 Å². The molecule has 0 amide bonds. The third-order valence-electron chi connectivity index (χ3n) is 3.36. The molecule has 0 unspecified atom stereocenters. The molecule has 0 atom stereocenters. The van der Waals surface area contributed by atoms with E-state index >= 15 is 0 Å². The Kier molecular flexibility index (Phi) is 9.20. The Morgan fingerprint density at radius 3 is 2.71 bits per heavy atom. The van der Waals surface area contributed by atoms with E-state index in [9.17, 15) is 4.39 Å². The molecule has 132 valence electrons. The monoisotopic (exact) mass is 462 g/mol. The quantitative estimate of drug-likeness (QED) is 0.387. The SMILES string of the molecule is CCNC(=NCc1ccc(C)c(F)c1)NCc1ncc(CC)s1.I. The van der Waals surface area contributed by atoms with Crippen molar-refractivity contribution < 1.29 is 4.39 Å². The zero-order valence-corrected chi connectivity index (χ0v) is 17.4. The second kappa shape index (κ2) is 10.6. The molecule has 0 spiro atoms. The number of hydrogen-bond acceptors (Lipinski definition) is 3. The maximum atomic E-state index is 13.6. The van der Waals surface area contributed by atoms with Gasteiger partial charge in [0.25, 0.3) is 0 Å². The van der Waals surface area contributed by atoms with Crippen LogP contribution in [0.4, 0.5) is 4.39 Å². The molecule has 0 bridgehead atoms. The van der Waals surface area contributed by atoms with Crippen molar-refractivity contribution in [3.8, 4) is 0 Å². The molecule has 1 heterocycles. The van der Waals surface area contributed by atoms with E-state index < -0.39 is 0 Å². The van der Waals surface area contributed by atoms with Crippen LogP contribution in [-0.2, 0) is 19.5 Å². The van der Waals surface area contributed by atoms with E-state index in [1.807, 2.05) is 19.2 Å². The highest BCUT2D eigenvalue weighted by Crippen LogP contribution is 2.13. The fourth-order valence-corrected chi connectivity index (χ4v) is 2.80. The Balaban J connectivity index is 0.00000288. The van der Waals surface area contributed by atoms with Gasteiger partial charge in [-0.05, 0) is 37.5 Å². The third-order valence-corrected chi connectivity index (χ3v) is 4.50. The average Bonchev–Trinajstić information content (AvgIpc) is 3.01. The van der Waals surface area contributed by atoms with Crippen LogP contribution in [0.5, 0.6) is 0 Å². The van der Waals surface area contributed by atoms with Gasteiger partial charge < -0.3 is 10.6 Å². The van der Waals surface area contributed by atoms with Crippen molar-refractivity contribution in [2.24, 2.45) is 4.99 Å². The first kappa shape index (κ1) is 20.8. The molecule has 1 aromatic heterocycles. The summed E-state index contributed by atoms with van der Waals surface area (Å²) in [7, 11) is 0. The topological polar surface area (TPSA) is 49.3 Å². The second-order valence-corrected chi connectivity index (χ2v) is 6.41. The van der Waals surface area contributed by atoms with Gasteiger partial charge in [-0.25, -0.2) is 14.4 Å². The lowest BCUT2D eigenvalue weighted by Gasteiger charge is -2.10. The van der Waals surface area contributed by atoms with Gasteiger partial charge in [-0.2, -0.15) is 0 Å². The molecule has 0 fully saturated rings. The maximum Gasteiger partial charge on any atom is 0.191 e. The first-order valence-electron chi connectivity index (χ1n) is 7.83. The first-order chi connectivity index (χ1) is 11.1. The minimum Gasteiger partial charge on any atom is -0.357 e. The summed E-state index contributed by atoms with van der Waals surface area (Å²) in [5, 5.41) is 7.49. The van der Waals surface area contributed by atoms with Gasteiger partial charge in [-0.3, -0.25) is 0 Å². The van der Waals surface area contributed by atoms with Crippen molar-refractivity contribution in [1.29, 1.82) is 0 Å². The van der Waals surface area contributed by atoms with E-state index in [-0.39, 0.29) is 29.8 Å². The standard InChI is InChI=1S/C17H23FN4S.HI/c1-4-14-10-20-16(23-14)11-22-17(19-5-2)21-9-13-7-6-12(3)15(18)8-13;/h6-8,10H,4-5,9,11H2,1-3H3,(H2,19,21,22);1H. The number of benzene rings is 1. The van der Waals surface area contributed by atoms with Crippen LogP contribution in [0, 0.1) is 12.7 Å².